The van der Waals surface area contributed by atoms with Gasteiger partial charge >= 0.3 is 5.97 Å². The van der Waals surface area contributed by atoms with Gasteiger partial charge in [-0.25, -0.2) is 13.2 Å². The van der Waals surface area contributed by atoms with E-state index in [1.165, 1.54) is 17.4 Å². The summed E-state index contributed by atoms with van der Waals surface area (Å²) in [5, 5.41) is 8.98. The van der Waals surface area contributed by atoms with Crippen molar-refractivity contribution in [1.29, 1.82) is 0 Å². The van der Waals surface area contributed by atoms with Crippen molar-refractivity contribution in [2.24, 2.45) is 0 Å². The number of rotatable bonds is 4. The second kappa shape index (κ2) is 5.50. The summed E-state index contributed by atoms with van der Waals surface area (Å²) in [7, 11) is -2.31. The van der Waals surface area contributed by atoms with E-state index in [1.807, 2.05) is 13.0 Å². The number of carboxylic acid groups (broad SMARTS) is 1. The fourth-order valence-electron chi connectivity index (χ4n) is 1.94. The lowest BCUT2D eigenvalue weighted by Crippen LogP contribution is -2.26. The molecule has 0 atom stereocenters. The molecule has 1 aromatic heterocycles. The van der Waals surface area contributed by atoms with Crippen molar-refractivity contribution in [3.05, 3.63) is 45.6 Å². The Morgan fingerprint density at radius 1 is 1.24 bits per heavy atom. The Bertz CT molecular complexity index is 793. The summed E-state index contributed by atoms with van der Waals surface area (Å²) < 4.78 is 26.4. The first-order valence-corrected chi connectivity index (χ1v) is 8.38. The second-order valence-electron chi connectivity index (χ2n) is 4.65. The zero-order valence-electron chi connectivity index (χ0n) is 11.8. The first-order valence-electron chi connectivity index (χ1n) is 6.13. The Morgan fingerprint density at radius 2 is 1.90 bits per heavy atom. The lowest BCUT2D eigenvalue weighted by Gasteiger charge is -2.19. The molecule has 1 N–H and O–H groups in total. The molecule has 0 aliphatic rings. The number of hydrogen-bond acceptors (Lipinski definition) is 4. The van der Waals surface area contributed by atoms with E-state index in [2.05, 4.69) is 0 Å². The molecular weight excluding hydrogens is 310 g/mol. The lowest BCUT2D eigenvalue weighted by atomic mass is 10.2. The molecule has 21 heavy (non-hydrogen) atoms. The Hall–Kier alpha value is -1.86. The van der Waals surface area contributed by atoms with Crippen LogP contribution in [0.25, 0.3) is 0 Å². The molecule has 2 aromatic rings. The number of thiophene rings is 1. The molecule has 0 saturated carbocycles. The van der Waals surface area contributed by atoms with Crippen LogP contribution in [0.1, 0.15) is 20.1 Å². The molecular formula is C14H15NO4S2. The first-order chi connectivity index (χ1) is 9.73. The van der Waals surface area contributed by atoms with Gasteiger partial charge in [-0.15, -0.1) is 11.3 Å². The van der Waals surface area contributed by atoms with Gasteiger partial charge in [0.1, 0.15) is 9.77 Å². The highest BCUT2D eigenvalue weighted by Crippen LogP contribution is 2.30. The molecule has 112 valence electrons. The molecule has 0 aliphatic heterocycles. The van der Waals surface area contributed by atoms with Crippen LogP contribution in [-0.4, -0.2) is 26.5 Å². The number of sulfonamides is 1. The van der Waals surface area contributed by atoms with Gasteiger partial charge in [0.15, 0.2) is 0 Å². The summed E-state index contributed by atoms with van der Waals surface area (Å²) in [6, 6.07) is 8.33. The van der Waals surface area contributed by atoms with Crippen LogP contribution in [0, 0.1) is 13.8 Å². The largest absolute Gasteiger partial charge is 0.477 e. The first kappa shape index (κ1) is 15.5. The fourth-order valence-corrected chi connectivity index (χ4v) is 4.52. The van der Waals surface area contributed by atoms with E-state index in [0.29, 0.717) is 10.6 Å². The van der Waals surface area contributed by atoms with Gasteiger partial charge in [0.25, 0.3) is 10.0 Å². The number of nitrogens with zero attached hydrogens (tertiary/aromatic N) is 1. The summed E-state index contributed by atoms with van der Waals surface area (Å²) in [6.45, 7) is 3.48. The van der Waals surface area contributed by atoms with E-state index in [9.17, 15) is 13.2 Å². The number of carboxylic acids is 1. The summed E-state index contributed by atoms with van der Waals surface area (Å²) in [5.41, 5.74) is 1.49. The van der Waals surface area contributed by atoms with Crippen LogP contribution in [0.3, 0.4) is 0 Å². The highest BCUT2D eigenvalue weighted by molar-refractivity contribution is 7.93. The summed E-state index contributed by atoms with van der Waals surface area (Å²) >= 11 is 0.960. The van der Waals surface area contributed by atoms with Crippen LogP contribution in [0.2, 0.25) is 0 Å². The number of hydrogen-bond donors (Lipinski definition) is 1. The Kier molecular flexibility index (Phi) is 4.06. The number of aromatic carboxylic acids is 1. The van der Waals surface area contributed by atoms with Crippen molar-refractivity contribution < 1.29 is 18.3 Å². The van der Waals surface area contributed by atoms with Crippen molar-refractivity contribution in [1.82, 2.24) is 0 Å². The van der Waals surface area contributed by atoms with Gasteiger partial charge in [-0.1, -0.05) is 12.1 Å². The SMILES string of the molecule is Cc1cccc(N(C)S(=O)(=O)c2cc(C(=O)O)sc2C)c1. The van der Waals surface area contributed by atoms with E-state index < -0.39 is 16.0 Å². The predicted molar refractivity (Wildman–Crippen MR) is 82.8 cm³/mol. The van der Waals surface area contributed by atoms with Gasteiger partial charge in [0, 0.05) is 11.9 Å². The van der Waals surface area contributed by atoms with Crippen molar-refractivity contribution in [3.63, 3.8) is 0 Å². The molecule has 0 amide bonds. The lowest BCUT2D eigenvalue weighted by molar-refractivity contribution is 0.0702. The molecule has 1 aromatic carbocycles. The van der Waals surface area contributed by atoms with Crippen molar-refractivity contribution in [2.45, 2.75) is 18.7 Å². The molecule has 5 nitrogen and oxygen atoms in total. The maximum atomic E-state index is 12.6. The van der Waals surface area contributed by atoms with Crippen LogP contribution in [-0.2, 0) is 10.0 Å². The minimum Gasteiger partial charge on any atom is -0.477 e. The quantitative estimate of drug-likeness (QED) is 0.938. The summed E-state index contributed by atoms with van der Waals surface area (Å²) in [5.74, 6) is -1.12. The van der Waals surface area contributed by atoms with E-state index in [4.69, 9.17) is 5.11 Å². The van der Waals surface area contributed by atoms with Gasteiger partial charge in [-0.2, -0.15) is 0 Å². The fraction of sp³-hybridized carbons (Fsp3) is 0.214. The maximum absolute atomic E-state index is 12.6. The third kappa shape index (κ3) is 2.93. The average molecular weight is 325 g/mol. The van der Waals surface area contributed by atoms with Gasteiger partial charge < -0.3 is 5.11 Å². The zero-order valence-corrected chi connectivity index (χ0v) is 13.5. The third-order valence-corrected chi connectivity index (χ3v) is 6.17. The van der Waals surface area contributed by atoms with E-state index >= 15 is 0 Å². The highest BCUT2D eigenvalue weighted by atomic mass is 32.2. The van der Waals surface area contributed by atoms with Crippen LogP contribution in [0.4, 0.5) is 5.69 Å². The Balaban J connectivity index is 2.49. The molecule has 0 radical (unpaired) electrons. The van der Waals surface area contributed by atoms with Crippen molar-refractivity contribution in [2.75, 3.05) is 11.4 Å². The third-order valence-electron chi connectivity index (χ3n) is 3.09. The standard InChI is InChI=1S/C14H15NO4S2/c1-9-5-4-6-11(7-9)15(3)21(18,19)13-8-12(14(16)17)20-10(13)2/h4-8H,1-3H3,(H,16,17). The molecule has 1 heterocycles. The number of anilines is 1. The molecule has 0 unspecified atom stereocenters. The minimum absolute atomic E-state index is 0.0173. The molecule has 0 fully saturated rings. The Labute approximate surface area is 127 Å². The van der Waals surface area contributed by atoms with E-state index in [1.54, 1.807) is 25.1 Å². The number of carbonyl (C=O) groups is 1. The molecule has 0 aliphatic carbocycles. The molecule has 7 heteroatoms. The van der Waals surface area contributed by atoms with Gasteiger partial charge in [0.05, 0.1) is 5.69 Å². The smallest absolute Gasteiger partial charge is 0.345 e. The van der Waals surface area contributed by atoms with Crippen molar-refractivity contribution in [3.8, 4) is 0 Å². The maximum Gasteiger partial charge on any atom is 0.345 e. The highest BCUT2D eigenvalue weighted by Gasteiger charge is 2.26. The van der Waals surface area contributed by atoms with Crippen LogP contribution >= 0.6 is 11.3 Å². The van der Waals surface area contributed by atoms with Crippen LogP contribution < -0.4 is 4.31 Å². The van der Waals surface area contributed by atoms with Gasteiger partial charge in [0.2, 0.25) is 0 Å². The average Bonchev–Trinajstić information content (AvgIpc) is 2.81. The van der Waals surface area contributed by atoms with E-state index in [-0.39, 0.29) is 9.77 Å². The Morgan fingerprint density at radius 3 is 2.43 bits per heavy atom. The predicted octanol–water partition coefficient (Wildman–Crippen LogP) is 2.89. The zero-order chi connectivity index (χ0) is 15.8. The molecule has 2 rings (SSSR count). The van der Waals surface area contributed by atoms with Crippen LogP contribution in [0.15, 0.2) is 35.2 Å². The number of benzene rings is 1. The minimum atomic E-state index is -3.77. The monoisotopic (exact) mass is 325 g/mol. The molecule has 0 bridgehead atoms. The normalized spacial score (nSPS) is 11.4. The van der Waals surface area contributed by atoms with Gasteiger partial charge in [-0.3, -0.25) is 4.31 Å². The summed E-state index contributed by atoms with van der Waals surface area (Å²) in [4.78, 5) is 11.5. The molecule has 0 spiro atoms. The topological polar surface area (TPSA) is 74.7 Å². The number of aryl methyl sites for hydroxylation is 2. The molecule has 0 saturated heterocycles. The van der Waals surface area contributed by atoms with E-state index in [0.717, 1.165) is 16.9 Å². The summed E-state index contributed by atoms with van der Waals surface area (Å²) in [6.07, 6.45) is 0. The second-order valence-corrected chi connectivity index (χ2v) is 7.84. The van der Waals surface area contributed by atoms with Crippen LogP contribution in [0.5, 0.6) is 0 Å². The van der Waals surface area contributed by atoms with Gasteiger partial charge in [-0.05, 0) is 37.6 Å². The van der Waals surface area contributed by atoms with Crippen molar-refractivity contribution >= 4 is 33.0 Å².